The standard InChI is InChI=1S/C16H17ClN2O2/c1-10-7-11(2)16(14(17)8-10)19-15(20)9-21-13-5-3-12(18)4-6-13/h3-8H,9,18H2,1-2H3,(H,19,20). The third-order valence-corrected chi connectivity index (χ3v) is 3.24. The fourth-order valence-corrected chi connectivity index (χ4v) is 2.33. The lowest BCUT2D eigenvalue weighted by atomic mass is 10.1. The number of ether oxygens (including phenoxy) is 1. The molecule has 5 heteroatoms. The Labute approximate surface area is 128 Å². The number of nitrogens with two attached hydrogens (primary N) is 1. The molecule has 0 bridgehead atoms. The molecular weight excluding hydrogens is 288 g/mol. The van der Waals surface area contributed by atoms with E-state index in [4.69, 9.17) is 22.1 Å². The van der Waals surface area contributed by atoms with Gasteiger partial charge >= 0.3 is 0 Å². The Morgan fingerprint density at radius 1 is 1.24 bits per heavy atom. The number of anilines is 2. The summed E-state index contributed by atoms with van der Waals surface area (Å²) in [6.45, 7) is 3.76. The van der Waals surface area contributed by atoms with Crippen molar-refractivity contribution in [1.82, 2.24) is 0 Å². The predicted molar refractivity (Wildman–Crippen MR) is 85.9 cm³/mol. The molecule has 0 aromatic heterocycles. The minimum absolute atomic E-state index is 0.0897. The maximum absolute atomic E-state index is 11.9. The number of carbonyl (C=O) groups is 1. The zero-order chi connectivity index (χ0) is 15.4. The molecule has 3 N–H and O–H groups in total. The number of benzene rings is 2. The SMILES string of the molecule is Cc1cc(C)c(NC(=O)COc2ccc(N)cc2)c(Cl)c1. The first-order valence-electron chi connectivity index (χ1n) is 6.50. The maximum Gasteiger partial charge on any atom is 0.262 e. The van der Waals surface area contributed by atoms with Crippen molar-refractivity contribution < 1.29 is 9.53 Å². The van der Waals surface area contributed by atoms with E-state index in [1.54, 1.807) is 24.3 Å². The second-order valence-electron chi connectivity index (χ2n) is 4.84. The second-order valence-corrected chi connectivity index (χ2v) is 5.25. The first-order valence-corrected chi connectivity index (χ1v) is 6.88. The number of amides is 1. The Morgan fingerprint density at radius 2 is 1.90 bits per heavy atom. The summed E-state index contributed by atoms with van der Waals surface area (Å²) in [5.74, 6) is 0.326. The molecule has 21 heavy (non-hydrogen) atoms. The molecule has 0 unspecified atom stereocenters. The van der Waals surface area contributed by atoms with Gasteiger partial charge in [-0.3, -0.25) is 4.79 Å². The topological polar surface area (TPSA) is 64.3 Å². The average Bonchev–Trinajstić information content (AvgIpc) is 2.42. The molecule has 0 heterocycles. The molecule has 0 radical (unpaired) electrons. The van der Waals surface area contributed by atoms with Crippen molar-refractivity contribution in [1.29, 1.82) is 0 Å². The lowest BCUT2D eigenvalue weighted by Crippen LogP contribution is -2.21. The van der Waals surface area contributed by atoms with Crippen LogP contribution < -0.4 is 15.8 Å². The molecule has 4 nitrogen and oxygen atoms in total. The number of nitrogen functional groups attached to an aromatic ring is 1. The van der Waals surface area contributed by atoms with Gasteiger partial charge in [0.25, 0.3) is 5.91 Å². The molecule has 2 aromatic rings. The number of rotatable bonds is 4. The Hall–Kier alpha value is -2.20. The van der Waals surface area contributed by atoms with Crippen molar-refractivity contribution in [2.24, 2.45) is 0 Å². The molecule has 2 rings (SSSR count). The third kappa shape index (κ3) is 4.13. The Balaban J connectivity index is 1.97. The molecule has 0 aliphatic carbocycles. The fourth-order valence-electron chi connectivity index (χ4n) is 1.96. The quantitative estimate of drug-likeness (QED) is 0.849. The number of aryl methyl sites for hydroxylation is 2. The van der Waals surface area contributed by atoms with Crippen LogP contribution in [0.25, 0.3) is 0 Å². The van der Waals surface area contributed by atoms with Crippen LogP contribution in [-0.4, -0.2) is 12.5 Å². The largest absolute Gasteiger partial charge is 0.484 e. The summed E-state index contributed by atoms with van der Waals surface area (Å²) in [5.41, 5.74) is 8.81. The van der Waals surface area contributed by atoms with Gasteiger partial charge in [-0.25, -0.2) is 0 Å². The molecular formula is C16H17ClN2O2. The number of carbonyl (C=O) groups excluding carboxylic acids is 1. The minimum Gasteiger partial charge on any atom is -0.484 e. The first kappa shape index (κ1) is 15.2. The number of hydrogen-bond acceptors (Lipinski definition) is 3. The highest BCUT2D eigenvalue weighted by atomic mass is 35.5. The van der Waals surface area contributed by atoms with Crippen molar-refractivity contribution in [3.8, 4) is 5.75 Å². The molecule has 0 fully saturated rings. The maximum atomic E-state index is 11.9. The van der Waals surface area contributed by atoms with Crippen molar-refractivity contribution in [2.75, 3.05) is 17.7 Å². The predicted octanol–water partition coefficient (Wildman–Crippen LogP) is 3.56. The zero-order valence-corrected chi connectivity index (χ0v) is 12.7. The lowest BCUT2D eigenvalue weighted by molar-refractivity contribution is -0.118. The highest BCUT2D eigenvalue weighted by Gasteiger charge is 2.10. The summed E-state index contributed by atoms with van der Waals surface area (Å²) in [6.07, 6.45) is 0. The van der Waals surface area contributed by atoms with Crippen LogP contribution in [0.4, 0.5) is 11.4 Å². The van der Waals surface area contributed by atoms with Crippen LogP contribution in [0.1, 0.15) is 11.1 Å². The van der Waals surface area contributed by atoms with Crippen LogP contribution in [0.3, 0.4) is 0 Å². The Kier molecular flexibility index (Phi) is 4.70. The van der Waals surface area contributed by atoms with Crippen molar-refractivity contribution in [3.63, 3.8) is 0 Å². The number of hydrogen-bond donors (Lipinski definition) is 2. The van der Waals surface area contributed by atoms with Gasteiger partial charge in [-0.2, -0.15) is 0 Å². The van der Waals surface area contributed by atoms with Gasteiger partial charge in [0.15, 0.2) is 6.61 Å². The summed E-state index contributed by atoms with van der Waals surface area (Å²) in [6, 6.07) is 10.6. The van der Waals surface area contributed by atoms with Gasteiger partial charge in [0.1, 0.15) is 5.75 Å². The van der Waals surface area contributed by atoms with Crippen molar-refractivity contribution in [2.45, 2.75) is 13.8 Å². The van der Waals surface area contributed by atoms with Gasteiger partial charge in [-0.15, -0.1) is 0 Å². The summed E-state index contributed by atoms with van der Waals surface area (Å²) in [5, 5.41) is 3.29. The number of halogens is 1. The Morgan fingerprint density at radius 3 is 2.52 bits per heavy atom. The van der Waals surface area contributed by atoms with Gasteiger partial charge in [0.05, 0.1) is 10.7 Å². The molecule has 2 aromatic carbocycles. The second kappa shape index (κ2) is 6.50. The highest BCUT2D eigenvalue weighted by molar-refractivity contribution is 6.34. The lowest BCUT2D eigenvalue weighted by Gasteiger charge is -2.12. The van der Waals surface area contributed by atoms with Gasteiger partial charge in [0.2, 0.25) is 0 Å². The van der Waals surface area contributed by atoms with Crippen LogP contribution in [0.5, 0.6) is 5.75 Å². The van der Waals surface area contributed by atoms with E-state index in [0.717, 1.165) is 11.1 Å². The van der Waals surface area contributed by atoms with E-state index in [-0.39, 0.29) is 12.5 Å². The van der Waals surface area contributed by atoms with Gasteiger partial charge in [0, 0.05) is 5.69 Å². The van der Waals surface area contributed by atoms with Crippen molar-refractivity contribution in [3.05, 3.63) is 52.5 Å². The molecule has 0 saturated carbocycles. The van der Waals surface area contributed by atoms with Gasteiger partial charge in [-0.05, 0) is 55.3 Å². The smallest absolute Gasteiger partial charge is 0.262 e. The number of nitrogens with one attached hydrogen (secondary N) is 1. The molecule has 0 atom stereocenters. The minimum atomic E-state index is -0.263. The molecule has 0 aliphatic rings. The summed E-state index contributed by atoms with van der Waals surface area (Å²) < 4.78 is 5.39. The average molecular weight is 305 g/mol. The van der Waals surface area contributed by atoms with Crippen LogP contribution in [0, 0.1) is 13.8 Å². The normalized spacial score (nSPS) is 10.2. The van der Waals surface area contributed by atoms with Crippen molar-refractivity contribution >= 4 is 28.9 Å². The van der Waals surface area contributed by atoms with E-state index in [0.29, 0.717) is 22.1 Å². The molecule has 0 saturated heterocycles. The molecule has 110 valence electrons. The molecule has 0 aliphatic heterocycles. The third-order valence-electron chi connectivity index (χ3n) is 2.95. The Bertz CT molecular complexity index is 631. The van der Waals surface area contributed by atoms with Crippen LogP contribution in [0.2, 0.25) is 5.02 Å². The first-order chi connectivity index (χ1) is 9.95. The van der Waals surface area contributed by atoms with Gasteiger partial charge in [-0.1, -0.05) is 17.7 Å². The summed E-state index contributed by atoms with van der Waals surface area (Å²) in [4.78, 5) is 11.9. The van der Waals surface area contributed by atoms with E-state index >= 15 is 0 Å². The van der Waals surface area contributed by atoms with E-state index in [2.05, 4.69) is 5.32 Å². The van der Waals surface area contributed by atoms with E-state index in [1.165, 1.54) is 0 Å². The summed E-state index contributed by atoms with van der Waals surface area (Å²) in [7, 11) is 0. The van der Waals surface area contributed by atoms with Gasteiger partial charge < -0.3 is 15.8 Å². The summed E-state index contributed by atoms with van der Waals surface area (Å²) >= 11 is 6.14. The van der Waals surface area contributed by atoms with E-state index in [1.807, 2.05) is 26.0 Å². The van der Waals surface area contributed by atoms with Crippen LogP contribution in [-0.2, 0) is 4.79 Å². The monoisotopic (exact) mass is 304 g/mol. The highest BCUT2D eigenvalue weighted by Crippen LogP contribution is 2.27. The zero-order valence-electron chi connectivity index (χ0n) is 11.9. The fraction of sp³-hybridized carbons (Fsp3) is 0.188. The van der Waals surface area contributed by atoms with E-state index in [9.17, 15) is 4.79 Å². The van der Waals surface area contributed by atoms with E-state index < -0.39 is 0 Å². The van der Waals surface area contributed by atoms with Crippen LogP contribution >= 0.6 is 11.6 Å². The molecule has 1 amide bonds. The van der Waals surface area contributed by atoms with Crippen LogP contribution in [0.15, 0.2) is 36.4 Å². The molecule has 0 spiro atoms.